The lowest BCUT2D eigenvalue weighted by Gasteiger charge is -2.48. The standard InChI is InChI=1S/C27H31ClF2N2O3/c1-16-6-4-5-7-22(16)19-8-9-20(31-13-19)10-11-23-17(2)27(29,30)15-26(32-14-21(33)12-28)24(23)18(3)35-25(26)34/h4-11,13,17-18,21,23-24,32-33H,12,14-15H2,1-3H3/b11-10+/t17-,18+,21?,23-,24-,26-/m0/s1. The smallest absolute Gasteiger partial charge is 0.327 e. The number of carbonyl (C=O) groups is 1. The zero-order valence-electron chi connectivity index (χ0n) is 20.0. The normalized spacial score (nSPS) is 30.8. The highest BCUT2D eigenvalue weighted by Crippen LogP contribution is 2.55. The van der Waals surface area contributed by atoms with E-state index in [4.69, 9.17) is 16.3 Å². The number of alkyl halides is 3. The first-order valence-corrected chi connectivity index (χ1v) is 12.4. The molecule has 1 aromatic carbocycles. The summed E-state index contributed by atoms with van der Waals surface area (Å²) in [7, 11) is 0. The molecule has 188 valence electrons. The number of ether oxygens (including phenoxy) is 1. The number of hydrogen-bond acceptors (Lipinski definition) is 5. The number of fused-ring (bicyclic) bond motifs is 1. The Morgan fingerprint density at radius 3 is 2.69 bits per heavy atom. The van der Waals surface area contributed by atoms with E-state index >= 15 is 8.78 Å². The molecule has 4 rings (SSSR count). The molecule has 0 spiro atoms. The van der Waals surface area contributed by atoms with Gasteiger partial charge in [-0.1, -0.05) is 43.3 Å². The second-order valence-corrected chi connectivity index (χ2v) is 10.1. The number of aryl methyl sites for hydroxylation is 1. The zero-order chi connectivity index (χ0) is 25.4. The summed E-state index contributed by atoms with van der Waals surface area (Å²) in [5.74, 6) is -6.09. The number of aliphatic hydroxyl groups is 1. The van der Waals surface area contributed by atoms with Crippen molar-refractivity contribution in [2.75, 3.05) is 12.4 Å². The van der Waals surface area contributed by atoms with Gasteiger partial charge in [0.1, 0.15) is 11.6 Å². The molecule has 2 aliphatic rings. The number of halogens is 3. The molecule has 0 radical (unpaired) electrons. The third kappa shape index (κ3) is 4.86. The van der Waals surface area contributed by atoms with Gasteiger partial charge in [-0.2, -0.15) is 0 Å². The van der Waals surface area contributed by atoms with E-state index in [0.29, 0.717) is 5.69 Å². The van der Waals surface area contributed by atoms with Gasteiger partial charge in [0.05, 0.1) is 11.8 Å². The average Bonchev–Trinajstić information content (AvgIpc) is 3.07. The number of allylic oxidation sites excluding steroid dienone is 1. The van der Waals surface area contributed by atoms with Crippen molar-refractivity contribution in [2.24, 2.45) is 17.8 Å². The Labute approximate surface area is 209 Å². The van der Waals surface area contributed by atoms with Gasteiger partial charge in [0.25, 0.3) is 5.92 Å². The quantitative estimate of drug-likeness (QED) is 0.416. The average molecular weight is 505 g/mol. The maximum absolute atomic E-state index is 15.3. The minimum absolute atomic E-state index is 0.0708. The Kier molecular flexibility index (Phi) is 7.32. The fourth-order valence-electron chi connectivity index (χ4n) is 5.50. The fourth-order valence-corrected chi connectivity index (χ4v) is 5.61. The van der Waals surface area contributed by atoms with Gasteiger partial charge in [-0.05, 0) is 43.0 Å². The summed E-state index contributed by atoms with van der Waals surface area (Å²) in [6.07, 6.45) is 3.02. The first-order chi connectivity index (χ1) is 16.6. The van der Waals surface area contributed by atoms with Crippen LogP contribution >= 0.6 is 11.6 Å². The van der Waals surface area contributed by atoms with Crippen molar-refractivity contribution in [3.05, 3.63) is 59.9 Å². The number of nitrogens with one attached hydrogen (secondary N) is 1. The number of β-amino-alcohol motifs (C(OH)–C–C–N with tert-alkyl or cyclic N) is 1. The van der Waals surface area contributed by atoms with Gasteiger partial charge in [-0.25, -0.2) is 8.78 Å². The fraction of sp³-hybridized carbons (Fsp3) is 0.481. The van der Waals surface area contributed by atoms with Gasteiger partial charge in [-0.15, -0.1) is 11.6 Å². The van der Waals surface area contributed by atoms with Crippen molar-refractivity contribution in [3.8, 4) is 11.1 Å². The highest BCUT2D eigenvalue weighted by atomic mass is 35.5. The first kappa shape index (κ1) is 25.7. The molecule has 1 aliphatic heterocycles. The lowest BCUT2D eigenvalue weighted by atomic mass is 9.60. The predicted octanol–water partition coefficient (Wildman–Crippen LogP) is 4.85. The Morgan fingerprint density at radius 2 is 2.03 bits per heavy atom. The maximum atomic E-state index is 15.3. The molecule has 0 amide bonds. The summed E-state index contributed by atoms with van der Waals surface area (Å²) in [5, 5.41) is 12.8. The molecule has 1 saturated heterocycles. The summed E-state index contributed by atoms with van der Waals surface area (Å²) in [6.45, 7) is 5.20. The van der Waals surface area contributed by atoms with Crippen molar-refractivity contribution in [1.29, 1.82) is 0 Å². The molecule has 2 N–H and O–H groups in total. The number of pyridine rings is 1. The molecule has 0 bridgehead atoms. The minimum Gasteiger partial charge on any atom is -0.461 e. The van der Waals surface area contributed by atoms with Crippen molar-refractivity contribution in [1.82, 2.24) is 10.3 Å². The van der Waals surface area contributed by atoms with E-state index in [1.807, 2.05) is 43.3 Å². The lowest BCUT2D eigenvalue weighted by Crippen LogP contribution is -2.65. The molecule has 35 heavy (non-hydrogen) atoms. The number of nitrogens with zero attached hydrogens (tertiary/aromatic N) is 1. The largest absolute Gasteiger partial charge is 0.461 e. The van der Waals surface area contributed by atoms with Crippen LogP contribution < -0.4 is 5.32 Å². The van der Waals surface area contributed by atoms with Gasteiger partial charge in [0.2, 0.25) is 0 Å². The molecule has 1 unspecified atom stereocenters. The highest BCUT2D eigenvalue weighted by Gasteiger charge is 2.67. The summed E-state index contributed by atoms with van der Waals surface area (Å²) in [6, 6.07) is 11.8. The Balaban J connectivity index is 1.63. The predicted molar refractivity (Wildman–Crippen MR) is 132 cm³/mol. The Bertz CT molecular complexity index is 1090. The SMILES string of the molecule is Cc1ccccc1-c1ccc(/C=C/[C@@H]2[C@@H]3[C@@H](C)OC(=O)[C@]3(NCC(O)CCl)CC(F)(F)[C@H]2C)nc1. The Hall–Kier alpha value is -2.35. The number of rotatable bonds is 7. The molecule has 1 aliphatic carbocycles. The molecule has 8 heteroatoms. The van der Waals surface area contributed by atoms with Gasteiger partial charge in [-0.3, -0.25) is 15.1 Å². The summed E-state index contributed by atoms with van der Waals surface area (Å²) in [5.41, 5.74) is 2.24. The molecule has 5 nitrogen and oxygen atoms in total. The van der Waals surface area contributed by atoms with Crippen LogP contribution in [0.1, 0.15) is 31.5 Å². The van der Waals surface area contributed by atoms with E-state index in [2.05, 4.69) is 10.3 Å². The lowest BCUT2D eigenvalue weighted by molar-refractivity contribution is -0.160. The van der Waals surface area contributed by atoms with Crippen LogP contribution in [0.25, 0.3) is 17.2 Å². The monoisotopic (exact) mass is 504 g/mol. The van der Waals surface area contributed by atoms with Crippen LogP contribution in [0.15, 0.2) is 48.7 Å². The van der Waals surface area contributed by atoms with Gasteiger partial charge in [0.15, 0.2) is 0 Å². The number of cyclic esters (lactones) is 1. The second kappa shape index (κ2) is 9.96. The minimum atomic E-state index is -3.12. The van der Waals surface area contributed by atoms with E-state index in [0.717, 1.165) is 16.7 Å². The van der Waals surface area contributed by atoms with Crippen molar-refractivity contribution in [2.45, 2.75) is 50.9 Å². The molecular weight excluding hydrogens is 474 g/mol. The Morgan fingerprint density at radius 1 is 1.29 bits per heavy atom. The van der Waals surface area contributed by atoms with Crippen LogP contribution in [0.3, 0.4) is 0 Å². The van der Waals surface area contributed by atoms with Crippen LogP contribution in [-0.2, 0) is 9.53 Å². The van der Waals surface area contributed by atoms with E-state index in [1.165, 1.54) is 6.92 Å². The van der Waals surface area contributed by atoms with Crippen molar-refractivity contribution in [3.63, 3.8) is 0 Å². The molecule has 2 heterocycles. The zero-order valence-corrected chi connectivity index (χ0v) is 20.8. The molecular formula is C27H31ClF2N2O3. The maximum Gasteiger partial charge on any atom is 0.327 e. The van der Waals surface area contributed by atoms with E-state index in [9.17, 15) is 9.90 Å². The van der Waals surface area contributed by atoms with Crippen LogP contribution in [-0.4, -0.2) is 52.2 Å². The number of aromatic nitrogens is 1. The first-order valence-electron chi connectivity index (χ1n) is 11.9. The molecule has 2 aromatic rings. The van der Waals surface area contributed by atoms with Crippen molar-refractivity contribution >= 4 is 23.6 Å². The van der Waals surface area contributed by atoms with Crippen LogP contribution in [0.2, 0.25) is 0 Å². The number of esters is 1. The third-order valence-electron chi connectivity index (χ3n) is 7.47. The second-order valence-electron chi connectivity index (χ2n) is 9.75. The van der Waals surface area contributed by atoms with E-state index < -0.39 is 53.8 Å². The number of hydrogen-bond donors (Lipinski definition) is 2. The molecule has 6 atom stereocenters. The van der Waals surface area contributed by atoms with E-state index in [-0.39, 0.29) is 12.4 Å². The van der Waals surface area contributed by atoms with Crippen molar-refractivity contribution < 1.29 is 23.4 Å². The van der Waals surface area contributed by atoms with E-state index in [1.54, 1.807) is 25.3 Å². The number of aliphatic hydroxyl groups excluding tert-OH is 1. The molecule has 2 fully saturated rings. The van der Waals surface area contributed by atoms with Crippen LogP contribution in [0.4, 0.5) is 8.78 Å². The summed E-state index contributed by atoms with van der Waals surface area (Å²) >= 11 is 5.69. The highest BCUT2D eigenvalue weighted by molar-refractivity contribution is 6.18. The topological polar surface area (TPSA) is 71.5 Å². The van der Waals surface area contributed by atoms with Crippen LogP contribution in [0, 0.1) is 24.7 Å². The summed E-state index contributed by atoms with van der Waals surface area (Å²) < 4.78 is 36.0. The number of carbonyl (C=O) groups excluding carboxylic acids is 1. The molecule has 1 saturated carbocycles. The van der Waals surface area contributed by atoms with Gasteiger partial charge >= 0.3 is 5.97 Å². The van der Waals surface area contributed by atoms with Gasteiger partial charge < -0.3 is 9.84 Å². The van der Waals surface area contributed by atoms with Crippen LogP contribution in [0.5, 0.6) is 0 Å². The van der Waals surface area contributed by atoms with Gasteiger partial charge in [0, 0.05) is 42.4 Å². The number of benzene rings is 1. The third-order valence-corrected chi connectivity index (χ3v) is 7.82. The molecule has 1 aromatic heterocycles. The summed E-state index contributed by atoms with van der Waals surface area (Å²) in [4.78, 5) is 17.4.